The first-order valence-electron chi connectivity index (χ1n) is 5.70. The lowest BCUT2D eigenvalue weighted by molar-refractivity contribution is -0.109. The van der Waals surface area contributed by atoms with Crippen molar-refractivity contribution in [3.8, 4) is 0 Å². The highest BCUT2D eigenvalue weighted by Crippen LogP contribution is 2.16. The number of aryl methyl sites for hydroxylation is 2. The molecule has 1 aromatic carbocycles. The molecular weight excluding hydrogens is 252 g/mol. The molecule has 0 aromatic heterocycles. The average molecular weight is 268 g/mol. The molecule has 0 aliphatic carbocycles. The van der Waals surface area contributed by atoms with Crippen LogP contribution in [0.25, 0.3) is 0 Å². The molecule has 1 aliphatic heterocycles. The second kappa shape index (κ2) is 4.79. The summed E-state index contributed by atoms with van der Waals surface area (Å²) >= 11 is 0. The third-order valence-electron chi connectivity index (χ3n) is 2.85. The first kappa shape index (κ1) is 13.2. The predicted octanol–water partition coefficient (Wildman–Crippen LogP) is 0.521. The van der Waals surface area contributed by atoms with Crippen LogP contribution in [-0.4, -0.2) is 31.6 Å². The molecular formula is C12H16N2O3S. The SMILES string of the molecule is Cc1cc(C)cc(CN2CC(C=O)NS2(=O)=O)c1. The number of hydrogen-bond acceptors (Lipinski definition) is 3. The molecule has 1 aliphatic rings. The van der Waals surface area contributed by atoms with Crippen molar-refractivity contribution in [1.82, 2.24) is 9.03 Å². The molecule has 18 heavy (non-hydrogen) atoms. The standard InChI is InChI=1S/C12H16N2O3S/c1-9-3-10(2)5-11(4-9)6-14-7-12(8-15)13-18(14,16)17/h3-5,8,12-13H,6-7H2,1-2H3. The Kier molecular flexibility index (Phi) is 3.52. The molecule has 0 radical (unpaired) electrons. The van der Waals surface area contributed by atoms with Crippen molar-refractivity contribution < 1.29 is 13.2 Å². The molecule has 1 fully saturated rings. The van der Waals surface area contributed by atoms with Crippen molar-refractivity contribution >= 4 is 16.5 Å². The summed E-state index contributed by atoms with van der Waals surface area (Å²) < 4.78 is 27.1. The molecule has 1 atom stereocenters. The van der Waals surface area contributed by atoms with Gasteiger partial charge in [0.05, 0.1) is 6.04 Å². The van der Waals surface area contributed by atoms with Crippen LogP contribution in [-0.2, 0) is 21.5 Å². The van der Waals surface area contributed by atoms with E-state index in [4.69, 9.17) is 0 Å². The Balaban J connectivity index is 2.21. The van der Waals surface area contributed by atoms with Crippen LogP contribution >= 0.6 is 0 Å². The number of nitrogens with zero attached hydrogens (tertiary/aromatic N) is 1. The number of carbonyl (C=O) groups is 1. The van der Waals surface area contributed by atoms with Gasteiger partial charge in [-0.05, 0) is 19.4 Å². The summed E-state index contributed by atoms with van der Waals surface area (Å²) in [6.45, 7) is 4.43. The van der Waals surface area contributed by atoms with Crippen molar-refractivity contribution in [3.63, 3.8) is 0 Å². The van der Waals surface area contributed by atoms with E-state index < -0.39 is 16.3 Å². The van der Waals surface area contributed by atoms with Crippen molar-refractivity contribution in [2.24, 2.45) is 0 Å². The Morgan fingerprint density at radius 2 is 1.94 bits per heavy atom. The van der Waals surface area contributed by atoms with Gasteiger partial charge in [0.1, 0.15) is 6.29 Å². The summed E-state index contributed by atoms with van der Waals surface area (Å²) in [5.41, 5.74) is 3.13. The molecule has 1 heterocycles. The number of aldehydes is 1. The second-order valence-corrected chi connectivity index (χ2v) is 6.36. The van der Waals surface area contributed by atoms with Crippen LogP contribution in [0.4, 0.5) is 0 Å². The lowest BCUT2D eigenvalue weighted by Gasteiger charge is -2.14. The molecule has 98 valence electrons. The van der Waals surface area contributed by atoms with Crippen LogP contribution in [0.15, 0.2) is 18.2 Å². The smallest absolute Gasteiger partial charge is 0.280 e. The zero-order chi connectivity index (χ0) is 13.3. The zero-order valence-electron chi connectivity index (χ0n) is 10.4. The summed E-state index contributed by atoms with van der Waals surface area (Å²) in [5.74, 6) is 0. The van der Waals surface area contributed by atoms with Gasteiger partial charge < -0.3 is 4.79 Å². The Labute approximate surface area is 107 Å². The van der Waals surface area contributed by atoms with E-state index in [-0.39, 0.29) is 6.54 Å². The monoisotopic (exact) mass is 268 g/mol. The minimum Gasteiger partial charge on any atom is -0.302 e. The Morgan fingerprint density at radius 1 is 1.33 bits per heavy atom. The minimum atomic E-state index is -3.52. The van der Waals surface area contributed by atoms with E-state index in [1.165, 1.54) is 4.31 Å². The molecule has 0 bridgehead atoms. The first-order valence-corrected chi connectivity index (χ1v) is 7.14. The molecule has 1 aromatic rings. The maximum atomic E-state index is 11.8. The van der Waals surface area contributed by atoms with Crippen LogP contribution in [0.2, 0.25) is 0 Å². The Hall–Kier alpha value is -1.24. The van der Waals surface area contributed by atoms with Crippen LogP contribution in [0.1, 0.15) is 16.7 Å². The summed E-state index contributed by atoms with van der Waals surface area (Å²) in [7, 11) is -3.52. The van der Waals surface area contributed by atoms with Crippen LogP contribution in [0.5, 0.6) is 0 Å². The second-order valence-electron chi connectivity index (χ2n) is 4.65. The Morgan fingerprint density at radius 3 is 2.44 bits per heavy atom. The summed E-state index contributed by atoms with van der Waals surface area (Å²) in [4.78, 5) is 10.6. The molecule has 0 amide bonds. The van der Waals surface area contributed by atoms with E-state index in [0.29, 0.717) is 12.8 Å². The van der Waals surface area contributed by atoms with Gasteiger partial charge in [0.2, 0.25) is 0 Å². The highest BCUT2D eigenvalue weighted by Gasteiger charge is 2.34. The van der Waals surface area contributed by atoms with E-state index >= 15 is 0 Å². The lowest BCUT2D eigenvalue weighted by atomic mass is 10.1. The average Bonchev–Trinajstić information content (AvgIpc) is 2.52. The number of rotatable bonds is 3. The first-order chi connectivity index (χ1) is 8.40. The van der Waals surface area contributed by atoms with Crippen molar-refractivity contribution in [1.29, 1.82) is 0 Å². The zero-order valence-corrected chi connectivity index (χ0v) is 11.2. The minimum absolute atomic E-state index is 0.193. The molecule has 6 heteroatoms. The lowest BCUT2D eigenvalue weighted by Crippen LogP contribution is -2.30. The largest absolute Gasteiger partial charge is 0.302 e. The van der Waals surface area contributed by atoms with Gasteiger partial charge in [0, 0.05) is 13.1 Å². The fourth-order valence-electron chi connectivity index (χ4n) is 2.20. The molecule has 0 spiro atoms. The highest BCUT2D eigenvalue weighted by molar-refractivity contribution is 7.87. The summed E-state index contributed by atoms with van der Waals surface area (Å²) in [5, 5.41) is 0. The van der Waals surface area contributed by atoms with Gasteiger partial charge in [-0.2, -0.15) is 17.4 Å². The van der Waals surface area contributed by atoms with Crippen molar-refractivity contribution in [3.05, 3.63) is 34.9 Å². The van der Waals surface area contributed by atoms with Crippen molar-refractivity contribution in [2.75, 3.05) is 6.54 Å². The van der Waals surface area contributed by atoms with E-state index in [1.807, 2.05) is 32.0 Å². The van der Waals surface area contributed by atoms with Gasteiger partial charge >= 0.3 is 0 Å². The third-order valence-corrected chi connectivity index (χ3v) is 4.40. The number of carbonyl (C=O) groups excluding carboxylic acids is 1. The molecule has 2 rings (SSSR count). The Bertz CT molecular complexity index is 548. The van der Waals surface area contributed by atoms with Crippen molar-refractivity contribution in [2.45, 2.75) is 26.4 Å². The van der Waals surface area contributed by atoms with Crippen LogP contribution < -0.4 is 4.72 Å². The van der Waals surface area contributed by atoms with Gasteiger partial charge in [0.25, 0.3) is 10.2 Å². The molecule has 1 saturated heterocycles. The molecule has 1 N–H and O–H groups in total. The topological polar surface area (TPSA) is 66.5 Å². The van der Waals surface area contributed by atoms with Gasteiger partial charge in [0.15, 0.2) is 0 Å². The predicted molar refractivity (Wildman–Crippen MR) is 68.2 cm³/mol. The number of benzene rings is 1. The van der Waals surface area contributed by atoms with E-state index in [2.05, 4.69) is 4.72 Å². The number of nitrogens with one attached hydrogen (secondary N) is 1. The van der Waals surface area contributed by atoms with Gasteiger partial charge in [-0.1, -0.05) is 29.3 Å². The molecule has 0 saturated carbocycles. The number of hydrogen-bond donors (Lipinski definition) is 1. The molecule has 1 unspecified atom stereocenters. The fraction of sp³-hybridized carbons (Fsp3) is 0.417. The van der Waals surface area contributed by atoms with E-state index in [0.717, 1.165) is 16.7 Å². The third kappa shape index (κ3) is 2.77. The quantitative estimate of drug-likeness (QED) is 0.813. The van der Waals surface area contributed by atoms with E-state index in [9.17, 15) is 13.2 Å². The molecule has 5 nitrogen and oxygen atoms in total. The van der Waals surface area contributed by atoms with Gasteiger partial charge in [-0.15, -0.1) is 0 Å². The van der Waals surface area contributed by atoms with Crippen LogP contribution in [0, 0.1) is 13.8 Å². The summed E-state index contributed by atoms with van der Waals surface area (Å²) in [6.07, 6.45) is 0.624. The van der Waals surface area contributed by atoms with Gasteiger partial charge in [-0.25, -0.2) is 0 Å². The van der Waals surface area contributed by atoms with Gasteiger partial charge in [-0.3, -0.25) is 0 Å². The van der Waals surface area contributed by atoms with Crippen LogP contribution in [0.3, 0.4) is 0 Å². The highest BCUT2D eigenvalue weighted by atomic mass is 32.2. The maximum absolute atomic E-state index is 11.8. The fourth-order valence-corrected chi connectivity index (χ4v) is 3.54. The summed E-state index contributed by atoms with van der Waals surface area (Å²) in [6, 6.07) is 5.31. The normalized spacial score (nSPS) is 23.1. The maximum Gasteiger partial charge on any atom is 0.280 e. The van der Waals surface area contributed by atoms with E-state index in [1.54, 1.807) is 0 Å².